The molecule has 0 radical (unpaired) electrons. The van der Waals surface area contributed by atoms with Gasteiger partial charge >= 0.3 is 0 Å². The largest absolute Gasteiger partial charge is 0.489 e. The number of hydrogen-bond acceptors (Lipinski definition) is 3. The van der Waals surface area contributed by atoms with Crippen LogP contribution >= 0.6 is 0 Å². The monoisotopic (exact) mass is 241 g/mol. The van der Waals surface area contributed by atoms with Gasteiger partial charge in [-0.05, 0) is 17.2 Å². The molecule has 1 heterocycles. The van der Waals surface area contributed by atoms with Gasteiger partial charge in [0.15, 0.2) is 0 Å². The van der Waals surface area contributed by atoms with Crippen LogP contribution < -0.4 is 10.2 Å². The average Bonchev–Trinajstić information content (AvgIpc) is 2.58. The molecule has 3 heteroatoms. The van der Waals surface area contributed by atoms with E-state index in [2.05, 4.69) is 23.7 Å². The van der Waals surface area contributed by atoms with E-state index in [1.54, 1.807) is 7.11 Å². The maximum absolute atomic E-state index is 5.86. The van der Waals surface area contributed by atoms with Gasteiger partial charge in [0.1, 0.15) is 12.4 Å². The van der Waals surface area contributed by atoms with Crippen LogP contribution in [0.4, 0.5) is 0 Å². The summed E-state index contributed by atoms with van der Waals surface area (Å²) in [6.07, 6.45) is 0. The molecule has 0 aromatic heterocycles. The number of rotatable bonds is 2. The predicted molar refractivity (Wildman–Crippen MR) is 69.2 cm³/mol. The Morgan fingerprint density at radius 3 is 2.61 bits per heavy atom. The van der Waals surface area contributed by atoms with Gasteiger partial charge in [-0.25, -0.2) is 0 Å². The molecule has 1 N–H and O–H groups in total. The van der Waals surface area contributed by atoms with Crippen molar-refractivity contribution in [2.45, 2.75) is 12.6 Å². The van der Waals surface area contributed by atoms with E-state index in [4.69, 9.17) is 9.57 Å². The molecule has 1 atom stereocenters. The Balaban J connectivity index is 2.15. The van der Waals surface area contributed by atoms with Crippen molar-refractivity contribution in [1.82, 2.24) is 5.48 Å². The highest BCUT2D eigenvalue weighted by atomic mass is 16.6. The smallest absolute Gasteiger partial charge is 0.125 e. The molecule has 0 saturated carbocycles. The molecule has 0 saturated heterocycles. The Bertz CT molecular complexity index is 506. The summed E-state index contributed by atoms with van der Waals surface area (Å²) >= 11 is 0. The van der Waals surface area contributed by atoms with E-state index >= 15 is 0 Å². The second-order valence-corrected chi connectivity index (χ2v) is 4.28. The third-order valence-corrected chi connectivity index (χ3v) is 3.21. The number of ether oxygens (including phenoxy) is 1. The molecule has 1 unspecified atom stereocenters. The van der Waals surface area contributed by atoms with Gasteiger partial charge in [0.05, 0.1) is 13.2 Å². The Morgan fingerprint density at radius 1 is 1.06 bits per heavy atom. The van der Waals surface area contributed by atoms with E-state index in [1.165, 1.54) is 11.1 Å². The fraction of sp³-hybridized carbons (Fsp3) is 0.200. The Kier molecular flexibility index (Phi) is 3.00. The lowest BCUT2D eigenvalue weighted by atomic mass is 9.96. The molecule has 1 aliphatic rings. The highest BCUT2D eigenvalue weighted by molar-refractivity contribution is 5.45. The van der Waals surface area contributed by atoms with Gasteiger partial charge in [-0.2, -0.15) is 5.48 Å². The molecule has 0 fully saturated rings. The van der Waals surface area contributed by atoms with Crippen molar-refractivity contribution < 1.29 is 9.57 Å². The van der Waals surface area contributed by atoms with E-state index < -0.39 is 0 Å². The van der Waals surface area contributed by atoms with Crippen molar-refractivity contribution in [3.8, 4) is 5.75 Å². The van der Waals surface area contributed by atoms with Gasteiger partial charge in [-0.15, -0.1) is 0 Å². The first kappa shape index (κ1) is 11.3. The lowest BCUT2D eigenvalue weighted by molar-refractivity contribution is 0.0714. The molecule has 92 valence electrons. The van der Waals surface area contributed by atoms with E-state index in [0.29, 0.717) is 6.61 Å². The van der Waals surface area contributed by atoms with Crippen LogP contribution in [-0.4, -0.2) is 7.11 Å². The fourth-order valence-electron chi connectivity index (χ4n) is 2.37. The highest BCUT2D eigenvalue weighted by Gasteiger charge is 2.23. The number of benzene rings is 2. The Hall–Kier alpha value is -1.84. The maximum atomic E-state index is 5.86. The molecule has 0 spiro atoms. The number of fused-ring (bicyclic) bond motifs is 2. The van der Waals surface area contributed by atoms with Crippen LogP contribution in [0.1, 0.15) is 22.7 Å². The highest BCUT2D eigenvalue weighted by Crippen LogP contribution is 2.35. The molecule has 0 amide bonds. The first-order valence-corrected chi connectivity index (χ1v) is 5.98. The zero-order chi connectivity index (χ0) is 12.4. The molecular weight excluding hydrogens is 226 g/mol. The minimum atomic E-state index is 0.00454. The van der Waals surface area contributed by atoms with Crippen LogP contribution in [0.2, 0.25) is 0 Å². The second kappa shape index (κ2) is 4.80. The van der Waals surface area contributed by atoms with E-state index in [9.17, 15) is 0 Å². The lowest BCUT2D eigenvalue weighted by Crippen LogP contribution is -2.21. The molecular formula is C15H15NO2. The van der Waals surface area contributed by atoms with Crippen molar-refractivity contribution in [1.29, 1.82) is 0 Å². The van der Waals surface area contributed by atoms with Gasteiger partial charge in [-0.1, -0.05) is 42.5 Å². The van der Waals surface area contributed by atoms with Crippen molar-refractivity contribution in [3.63, 3.8) is 0 Å². The minimum Gasteiger partial charge on any atom is -0.489 e. The molecule has 0 aliphatic carbocycles. The van der Waals surface area contributed by atoms with Crippen LogP contribution in [0, 0.1) is 0 Å². The van der Waals surface area contributed by atoms with E-state index in [0.717, 1.165) is 11.3 Å². The predicted octanol–water partition coefficient (Wildman–Crippen LogP) is 2.82. The Labute approximate surface area is 106 Å². The summed E-state index contributed by atoms with van der Waals surface area (Å²) in [5, 5.41) is 0. The van der Waals surface area contributed by atoms with Crippen molar-refractivity contribution in [3.05, 3.63) is 65.2 Å². The van der Waals surface area contributed by atoms with Crippen LogP contribution in [0.3, 0.4) is 0 Å². The van der Waals surface area contributed by atoms with Crippen molar-refractivity contribution >= 4 is 0 Å². The number of hydrogen-bond donors (Lipinski definition) is 1. The van der Waals surface area contributed by atoms with E-state index in [-0.39, 0.29) is 6.04 Å². The number of hydroxylamine groups is 1. The van der Waals surface area contributed by atoms with Crippen LogP contribution in [-0.2, 0) is 11.4 Å². The normalized spacial score (nSPS) is 17.3. The minimum absolute atomic E-state index is 0.00454. The molecule has 2 aromatic rings. The first-order valence-electron chi connectivity index (χ1n) is 5.98. The van der Waals surface area contributed by atoms with Crippen molar-refractivity contribution in [2.75, 3.05) is 7.11 Å². The van der Waals surface area contributed by atoms with Crippen LogP contribution in [0.15, 0.2) is 48.5 Å². The molecule has 0 bridgehead atoms. The van der Waals surface area contributed by atoms with Gasteiger partial charge in [0.2, 0.25) is 0 Å². The zero-order valence-electron chi connectivity index (χ0n) is 10.2. The van der Waals surface area contributed by atoms with Crippen LogP contribution in [0.5, 0.6) is 5.75 Å². The summed E-state index contributed by atoms with van der Waals surface area (Å²) in [6.45, 7) is 0.592. The summed E-state index contributed by atoms with van der Waals surface area (Å²) < 4.78 is 5.86. The zero-order valence-corrected chi connectivity index (χ0v) is 10.2. The molecule has 3 rings (SSSR count). The standard InChI is InChI=1S/C15H15NO2/c1-17-16-15-12-7-3-2-6-11(12)10-18-14-9-5-4-8-13(14)15/h2-9,15-16H,10H2,1H3. The van der Waals surface area contributed by atoms with Crippen molar-refractivity contribution in [2.24, 2.45) is 0 Å². The van der Waals surface area contributed by atoms with Gasteiger partial charge in [0.25, 0.3) is 0 Å². The summed E-state index contributed by atoms with van der Waals surface area (Å²) in [5.41, 5.74) is 6.54. The van der Waals surface area contributed by atoms with E-state index in [1.807, 2.05) is 30.3 Å². The quantitative estimate of drug-likeness (QED) is 0.820. The number of nitrogens with one attached hydrogen (secondary N) is 1. The summed E-state index contributed by atoms with van der Waals surface area (Å²) in [5.74, 6) is 0.906. The average molecular weight is 241 g/mol. The summed E-state index contributed by atoms with van der Waals surface area (Å²) in [4.78, 5) is 5.15. The first-order chi connectivity index (χ1) is 8.90. The molecule has 1 aliphatic heterocycles. The van der Waals surface area contributed by atoms with Crippen LogP contribution in [0.25, 0.3) is 0 Å². The molecule has 2 aromatic carbocycles. The maximum Gasteiger partial charge on any atom is 0.125 e. The fourth-order valence-corrected chi connectivity index (χ4v) is 2.37. The number of para-hydroxylation sites is 1. The third kappa shape index (κ3) is 1.88. The third-order valence-electron chi connectivity index (χ3n) is 3.21. The topological polar surface area (TPSA) is 30.5 Å². The lowest BCUT2D eigenvalue weighted by Gasteiger charge is -2.18. The molecule has 3 nitrogen and oxygen atoms in total. The Morgan fingerprint density at radius 2 is 1.78 bits per heavy atom. The summed E-state index contributed by atoms with van der Waals surface area (Å²) in [6, 6.07) is 16.3. The SMILES string of the molecule is CONC1c2ccccc2COc2ccccc21. The van der Waals surface area contributed by atoms with Gasteiger partial charge < -0.3 is 9.57 Å². The van der Waals surface area contributed by atoms with Gasteiger partial charge in [-0.3, -0.25) is 0 Å². The summed E-state index contributed by atoms with van der Waals surface area (Å²) in [7, 11) is 1.64. The molecule has 18 heavy (non-hydrogen) atoms. The second-order valence-electron chi connectivity index (χ2n) is 4.28. The van der Waals surface area contributed by atoms with Gasteiger partial charge in [0, 0.05) is 5.56 Å².